The van der Waals surface area contributed by atoms with Gasteiger partial charge in [-0.15, -0.1) is 0 Å². The standard InChI is InChI=1S/C12H17N3O3S/c1-7-11-8(3-4-19-2)5-9(16)13-12(11)15(14-7)6-10(17)18/h8H,3-6H2,1-2H3,(H,13,16)(H,17,18)/t8-/m1/s1. The zero-order valence-electron chi connectivity index (χ0n) is 11.0. The van der Waals surface area contributed by atoms with Crippen molar-refractivity contribution in [1.82, 2.24) is 9.78 Å². The fourth-order valence-electron chi connectivity index (χ4n) is 2.47. The second kappa shape index (κ2) is 5.64. The van der Waals surface area contributed by atoms with Gasteiger partial charge in [0, 0.05) is 12.0 Å². The molecular weight excluding hydrogens is 266 g/mol. The maximum atomic E-state index is 11.7. The lowest BCUT2D eigenvalue weighted by atomic mass is 9.90. The van der Waals surface area contributed by atoms with Crippen LogP contribution in [0.5, 0.6) is 0 Å². The van der Waals surface area contributed by atoms with Crippen molar-refractivity contribution in [2.24, 2.45) is 0 Å². The van der Waals surface area contributed by atoms with Gasteiger partial charge in [0.25, 0.3) is 0 Å². The maximum absolute atomic E-state index is 11.7. The van der Waals surface area contributed by atoms with Gasteiger partial charge in [0.05, 0.1) is 5.69 Å². The van der Waals surface area contributed by atoms with E-state index in [2.05, 4.69) is 10.4 Å². The molecule has 2 N–H and O–H groups in total. The average Bonchev–Trinajstić information content (AvgIpc) is 2.62. The monoisotopic (exact) mass is 283 g/mol. The lowest BCUT2D eigenvalue weighted by Gasteiger charge is -2.23. The molecule has 1 aromatic heterocycles. The first-order chi connectivity index (χ1) is 9.02. The number of carboxylic acid groups (broad SMARTS) is 1. The fourth-order valence-corrected chi connectivity index (χ4v) is 2.99. The number of rotatable bonds is 5. The molecule has 0 aromatic carbocycles. The second-order valence-electron chi connectivity index (χ2n) is 4.63. The van der Waals surface area contributed by atoms with Crippen LogP contribution in [0.1, 0.15) is 30.0 Å². The summed E-state index contributed by atoms with van der Waals surface area (Å²) in [5.41, 5.74) is 1.80. The minimum Gasteiger partial charge on any atom is -0.480 e. The Morgan fingerprint density at radius 2 is 2.37 bits per heavy atom. The molecule has 1 atom stereocenters. The van der Waals surface area contributed by atoms with Gasteiger partial charge in [-0.05, 0) is 31.3 Å². The number of aromatic nitrogens is 2. The van der Waals surface area contributed by atoms with E-state index >= 15 is 0 Å². The van der Waals surface area contributed by atoms with E-state index in [0.717, 1.165) is 23.4 Å². The summed E-state index contributed by atoms with van der Waals surface area (Å²) in [5, 5.41) is 15.9. The van der Waals surface area contributed by atoms with Crippen molar-refractivity contribution in [1.29, 1.82) is 0 Å². The summed E-state index contributed by atoms with van der Waals surface area (Å²) >= 11 is 1.74. The number of nitrogens with zero attached hydrogens (tertiary/aromatic N) is 2. The van der Waals surface area contributed by atoms with Crippen LogP contribution < -0.4 is 5.32 Å². The van der Waals surface area contributed by atoms with Crippen molar-refractivity contribution in [3.05, 3.63) is 11.3 Å². The number of thioether (sulfide) groups is 1. The normalized spacial score (nSPS) is 18.0. The van der Waals surface area contributed by atoms with Gasteiger partial charge in [0.2, 0.25) is 5.91 Å². The summed E-state index contributed by atoms with van der Waals surface area (Å²) in [6.45, 7) is 1.63. The Morgan fingerprint density at radius 3 is 3.00 bits per heavy atom. The highest BCUT2D eigenvalue weighted by Gasteiger charge is 2.31. The highest BCUT2D eigenvalue weighted by molar-refractivity contribution is 7.98. The lowest BCUT2D eigenvalue weighted by Crippen LogP contribution is -2.25. The molecule has 1 aromatic rings. The molecule has 1 aliphatic heterocycles. The van der Waals surface area contributed by atoms with E-state index in [1.54, 1.807) is 11.8 Å². The van der Waals surface area contributed by atoms with Gasteiger partial charge in [0.15, 0.2) is 0 Å². The molecule has 2 heterocycles. The van der Waals surface area contributed by atoms with E-state index in [9.17, 15) is 9.59 Å². The van der Waals surface area contributed by atoms with Gasteiger partial charge in [-0.3, -0.25) is 9.59 Å². The Hall–Kier alpha value is -1.50. The molecule has 7 heteroatoms. The number of aryl methyl sites for hydroxylation is 1. The van der Waals surface area contributed by atoms with Crippen molar-refractivity contribution in [2.75, 3.05) is 17.3 Å². The summed E-state index contributed by atoms with van der Waals surface area (Å²) in [6.07, 6.45) is 3.39. The predicted octanol–water partition coefficient (Wildman–Crippen LogP) is 1.46. The molecule has 0 spiro atoms. The van der Waals surface area contributed by atoms with Crippen molar-refractivity contribution < 1.29 is 14.7 Å². The zero-order valence-corrected chi connectivity index (χ0v) is 11.8. The molecule has 104 valence electrons. The number of amides is 1. The van der Waals surface area contributed by atoms with Gasteiger partial charge in [-0.25, -0.2) is 4.68 Å². The molecule has 1 amide bonds. The molecule has 0 fully saturated rings. The quantitative estimate of drug-likeness (QED) is 0.854. The highest BCUT2D eigenvalue weighted by Crippen LogP contribution is 2.37. The van der Waals surface area contributed by atoms with Crippen molar-refractivity contribution in [2.45, 2.75) is 32.2 Å². The highest BCUT2D eigenvalue weighted by atomic mass is 32.2. The van der Waals surface area contributed by atoms with E-state index in [1.807, 2.05) is 13.2 Å². The van der Waals surface area contributed by atoms with Crippen LogP contribution in [0.15, 0.2) is 0 Å². The van der Waals surface area contributed by atoms with Gasteiger partial charge in [-0.1, -0.05) is 0 Å². The smallest absolute Gasteiger partial charge is 0.325 e. The Balaban J connectivity index is 2.35. The molecule has 6 nitrogen and oxygen atoms in total. The third kappa shape index (κ3) is 2.91. The zero-order chi connectivity index (χ0) is 14.0. The minimum absolute atomic E-state index is 0.0647. The Morgan fingerprint density at radius 1 is 1.63 bits per heavy atom. The first-order valence-electron chi connectivity index (χ1n) is 6.10. The lowest BCUT2D eigenvalue weighted by molar-refractivity contribution is -0.137. The van der Waals surface area contributed by atoms with Crippen LogP contribution in [-0.4, -0.2) is 38.8 Å². The topological polar surface area (TPSA) is 84.2 Å². The minimum atomic E-state index is -0.967. The van der Waals surface area contributed by atoms with E-state index < -0.39 is 5.97 Å². The van der Waals surface area contributed by atoms with Crippen LogP contribution in [0.2, 0.25) is 0 Å². The molecular formula is C12H17N3O3S. The molecule has 0 unspecified atom stereocenters. The van der Waals surface area contributed by atoms with Crippen LogP contribution in [-0.2, 0) is 16.1 Å². The fraction of sp³-hybridized carbons (Fsp3) is 0.583. The third-order valence-electron chi connectivity index (χ3n) is 3.23. The Kier molecular flexibility index (Phi) is 4.14. The van der Waals surface area contributed by atoms with E-state index in [4.69, 9.17) is 5.11 Å². The molecule has 0 saturated carbocycles. The van der Waals surface area contributed by atoms with Crippen molar-refractivity contribution in [3.63, 3.8) is 0 Å². The largest absolute Gasteiger partial charge is 0.480 e. The summed E-state index contributed by atoms with van der Waals surface area (Å²) in [7, 11) is 0. The van der Waals surface area contributed by atoms with Gasteiger partial charge in [-0.2, -0.15) is 16.9 Å². The number of carbonyl (C=O) groups is 2. The summed E-state index contributed by atoms with van der Waals surface area (Å²) in [6, 6.07) is 0. The number of carbonyl (C=O) groups excluding carboxylic acids is 1. The number of nitrogens with one attached hydrogen (secondary N) is 1. The molecule has 0 saturated heterocycles. The van der Waals surface area contributed by atoms with Crippen molar-refractivity contribution >= 4 is 29.5 Å². The molecule has 0 radical (unpaired) electrons. The number of fused-ring (bicyclic) bond motifs is 1. The Bertz CT molecular complexity index is 513. The molecule has 19 heavy (non-hydrogen) atoms. The van der Waals surface area contributed by atoms with E-state index in [-0.39, 0.29) is 18.4 Å². The van der Waals surface area contributed by atoms with Gasteiger partial charge in [0.1, 0.15) is 12.4 Å². The van der Waals surface area contributed by atoms with E-state index in [0.29, 0.717) is 12.2 Å². The van der Waals surface area contributed by atoms with Crippen LogP contribution in [0.4, 0.5) is 5.82 Å². The van der Waals surface area contributed by atoms with Crippen molar-refractivity contribution in [3.8, 4) is 0 Å². The average molecular weight is 283 g/mol. The third-order valence-corrected chi connectivity index (χ3v) is 3.87. The van der Waals surface area contributed by atoms with Gasteiger partial charge < -0.3 is 10.4 Å². The summed E-state index contributed by atoms with van der Waals surface area (Å²) in [5.74, 6) is 0.637. The molecule has 2 rings (SSSR count). The second-order valence-corrected chi connectivity index (χ2v) is 5.62. The molecule has 0 aliphatic carbocycles. The van der Waals surface area contributed by atoms with Crippen LogP contribution >= 0.6 is 11.8 Å². The summed E-state index contributed by atoms with van der Waals surface area (Å²) in [4.78, 5) is 22.6. The van der Waals surface area contributed by atoms with Crippen LogP contribution in [0.25, 0.3) is 0 Å². The predicted molar refractivity (Wildman–Crippen MR) is 73.6 cm³/mol. The van der Waals surface area contributed by atoms with Crippen LogP contribution in [0, 0.1) is 6.92 Å². The SMILES string of the molecule is CSCC[C@@H]1CC(=O)Nc2c1c(C)nn2CC(=O)O. The van der Waals surface area contributed by atoms with Gasteiger partial charge >= 0.3 is 5.97 Å². The molecule has 1 aliphatic rings. The number of hydrogen-bond acceptors (Lipinski definition) is 4. The molecule has 0 bridgehead atoms. The van der Waals surface area contributed by atoms with Crippen LogP contribution in [0.3, 0.4) is 0 Å². The first kappa shape index (κ1) is 13.9. The number of aliphatic carboxylic acids is 1. The summed E-state index contributed by atoms with van der Waals surface area (Å²) < 4.78 is 1.37. The number of anilines is 1. The number of carboxylic acids is 1. The Labute approximate surface area is 115 Å². The number of hydrogen-bond donors (Lipinski definition) is 2. The van der Waals surface area contributed by atoms with E-state index in [1.165, 1.54) is 4.68 Å². The first-order valence-corrected chi connectivity index (χ1v) is 7.50. The maximum Gasteiger partial charge on any atom is 0.325 e.